The Morgan fingerprint density at radius 1 is 1.44 bits per heavy atom. The van der Waals surface area contributed by atoms with Crippen LogP contribution in [0.5, 0.6) is 5.75 Å². The van der Waals surface area contributed by atoms with Gasteiger partial charge in [0.05, 0.1) is 0 Å². The van der Waals surface area contributed by atoms with Gasteiger partial charge in [0, 0.05) is 6.04 Å². The van der Waals surface area contributed by atoms with Crippen LogP contribution in [0.4, 0.5) is 8.78 Å². The van der Waals surface area contributed by atoms with E-state index in [2.05, 4.69) is 6.58 Å². The molecule has 0 heterocycles. The topological polar surface area (TPSA) is 35.2 Å². The van der Waals surface area contributed by atoms with Gasteiger partial charge in [0.1, 0.15) is 6.61 Å². The summed E-state index contributed by atoms with van der Waals surface area (Å²) in [5, 5.41) is 0. The zero-order valence-corrected chi connectivity index (χ0v) is 9.17. The van der Waals surface area contributed by atoms with E-state index >= 15 is 0 Å². The average Bonchev–Trinajstić information content (AvgIpc) is 2.15. The first-order valence-corrected chi connectivity index (χ1v) is 5.01. The Kier molecular flexibility index (Phi) is 4.43. The Morgan fingerprint density at radius 3 is 2.44 bits per heavy atom. The Labute approximate surface area is 93.7 Å². The number of rotatable bonds is 5. The van der Waals surface area contributed by atoms with Crippen LogP contribution >= 0.6 is 0 Å². The zero-order chi connectivity index (χ0) is 12.1. The van der Waals surface area contributed by atoms with Crippen molar-refractivity contribution in [3.8, 4) is 5.75 Å². The van der Waals surface area contributed by atoms with E-state index in [1.54, 1.807) is 6.92 Å². The van der Waals surface area contributed by atoms with Crippen LogP contribution < -0.4 is 10.5 Å². The summed E-state index contributed by atoms with van der Waals surface area (Å²) in [6.07, 6.45) is 1.85. The van der Waals surface area contributed by atoms with E-state index in [1.165, 1.54) is 18.2 Å². The number of nitrogens with two attached hydrogens (primary N) is 1. The number of halogens is 2. The highest BCUT2D eigenvalue weighted by Crippen LogP contribution is 2.23. The lowest BCUT2D eigenvalue weighted by atomic mass is 10.1. The Morgan fingerprint density at radius 2 is 2.00 bits per heavy atom. The van der Waals surface area contributed by atoms with E-state index < -0.39 is 11.6 Å². The van der Waals surface area contributed by atoms with Gasteiger partial charge in [-0.3, -0.25) is 0 Å². The third-order valence-electron chi connectivity index (χ3n) is 1.96. The molecule has 0 aliphatic carbocycles. The molecule has 1 aromatic rings. The first kappa shape index (κ1) is 12.6. The summed E-state index contributed by atoms with van der Waals surface area (Å²) in [4.78, 5) is 0. The minimum atomic E-state index is -0.711. The predicted octanol–water partition coefficient (Wildman–Crippen LogP) is 2.42. The quantitative estimate of drug-likeness (QED) is 0.784. The molecule has 0 saturated carbocycles. The van der Waals surface area contributed by atoms with Crippen LogP contribution in [0.2, 0.25) is 0 Å². The summed E-state index contributed by atoms with van der Waals surface area (Å²) in [6, 6.07) is 2.34. The fourth-order valence-corrected chi connectivity index (χ4v) is 1.38. The van der Waals surface area contributed by atoms with Gasteiger partial charge in [0.15, 0.2) is 17.4 Å². The molecular formula is C12H15F2NO. The molecule has 2 nitrogen and oxygen atoms in total. The molecule has 0 radical (unpaired) electrons. The van der Waals surface area contributed by atoms with Crippen molar-refractivity contribution in [1.82, 2.24) is 0 Å². The highest BCUT2D eigenvalue weighted by molar-refractivity contribution is 5.31. The molecule has 0 aliphatic rings. The molecule has 2 N–H and O–H groups in total. The molecule has 0 fully saturated rings. The first-order valence-electron chi connectivity index (χ1n) is 5.01. The number of benzene rings is 1. The third-order valence-corrected chi connectivity index (χ3v) is 1.96. The van der Waals surface area contributed by atoms with Crippen molar-refractivity contribution < 1.29 is 13.5 Å². The molecule has 0 amide bonds. The van der Waals surface area contributed by atoms with Gasteiger partial charge in [0.25, 0.3) is 0 Å². The summed E-state index contributed by atoms with van der Waals surface area (Å²) in [6.45, 7) is 5.25. The van der Waals surface area contributed by atoms with E-state index in [0.717, 1.165) is 0 Å². The van der Waals surface area contributed by atoms with Gasteiger partial charge in [-0.05, 0) is 31.0 Å². The summed E-state index contributed by atoms with van der Waals surface area (Å²) >= 11 is 0. The second kappa shape index (κ2) is 5.61. The van der Waals surface area contributed by atoms with Gasteiger partial charge in [-0.15, -0.1) is 0 Å². The standard InChI is InChI=1S/C12H15F2NO/c1-3-4-16-12-10(13)6-9(5-8(2)15)7-11(12)14/h3,6-8H,1,4-5,15H2,2H3. The van der Waals surface area contributed by atoms with Crippen LogP contribution in [0.15, 0.2) is 24.8 Å². The molecule has 1 aromatic carbocycles. The lowest BCUT2D eigenvalue weighted by molar-refractivity contribution is 0.320. The van der Waals surface area contributed by atoms with Crippen molar-refractivity contribution in [3.63, 3.8) is 0 Å². The van der Waals surface area contributed by atoms with Crippen LogP contribution in [0, 0.1) is 11.6 Å². The molecule has 1 atom stereocenters. The summed E-state index contributed by atoms with van der Waals surface area (Å²) in [5.41, 5.74) is 6.08. The highest BCUT2D eigenvalue weighted by Gasteiger charge is 2.12. The molecule has 16 heavy (non-hydrogen) atoms. The number of hydrogen-bond donors (Lipinski definition) is 1. The molecule has 1 rings (SSSR count). The highest BCUT2D eigenvalue weighted by atomic mass is 19.1. The van der Waals surface area contributed by atoms with Crippen molar-refractivity contribution in [3.05, 3.63) is 42.0 Å². The Bertz CT molecular complexity index is 354. The maximum absolute atomic E-state index is 13.4. The van der Waals surface area contributed by atoms with Crippen LogP contribution in [0.1, 0.15) is 12.5 Å². The number of ether oxygens (including phenoxy) is 1. The van der Waals surface area contributed by atoms with E-state index in [1.807, 2.05) is 0 Å². The lowest BCUT2D eigenvalue weighted by Crippen LogP contribution is -2.18. The van der Waals surface area contributed by atoms with Crippen LogP contribution in [0.25, 0.3) is 0 Å². The Hall–Kier alpha value is -1.42. The zero-order valence-electron chi connectivity index (χ0n) is 9.17. The van der Waals surface area contributed by atoms with Gasteiger partial charge in [-0.25, -0.2) is 8.78 Å². The predicted molar refractivity (Wildman–Crippen MR) is 59.4 cm³/mol. The van der Waals surface area contributed by atoms with E-state index in [4.69, 9.17) is 10.5 Å². The first-order chi connectivity index (χ1) is 7.54. The van der Waals surface area contributed by atoms with E-state index in [9.17, 15) is 8.78 Å². The minimum absolute atomic E-state index is 0.0699. The largest absolute Gasteiger partial charge is 0.483 e. The van der Waals surface area contributed by atoms with Crippen LogP contribution in [-0.2, 0) is 6.42 Å². The van der Waals surface area contributed by atoms with Crippen LogP contribution in [-0.4, -0.2) is 12.6 Å². The van der Waals surface area contributed by atoms with Crippen LogP contribution in [0.3, 0.4) is 0 Å². The molecule has 1 unspecified atom stereocenters. The fraction of sp³-hybridized carbons (Fsp3) is 0.333. The summed E-state index contributed by atoms with van der Waals surface area (Å²) in [5.74, 6) is -1.79. The molecule has 0 saturated heterocycles. The summed E-state index contributed by atoms with van der Waals surface area (Å²) < 4.78 is 31.8. The fourth-order valence-electron chi connectivity index (χ4n) is 1.38. The normalized spacial score (nSPS) is 12.2. The number of hydrogen-bond acceptors (Lipinski definition) is 2. The monoisotopic (exact) mass is 227 g/mol. The molecule has 0 bridgehead atoms. The molecular weight excluding hydrogens is 212 g/mol. The van der Waals surface area contributed by atoms with Crippen molar-refractivity contribution >= 4 is 0 Å². The molecule has 88 valence electrons. The van der Waals surface area contributed by atoms with Gasteiger partial charge in [-0.1, -0.05) is 12.7 Å². The lowest BCUT2D eigenvalue weighted by Gasteiger charge is -2.10. The SMILES string of the molecule is C=CCOc1c(F)cc(CC(C)N)cc1F. The van der Waals surface area contributed by atoms with Crippen molar-refractivity contribution in [2.75, 3.05) is 6.61 Å². The molecule has 4 heteroatoms. The molecule has 0 aromatic heterocycles. The Balaban J connectivity index is 2.93. The van der Waals surface area contributed by atoms with Crippen molar-refractivity contribution in [1.29, 1.82) is 0 Å². The maximum Gasteiger partial charge on any atom is 0.191 e. The van der Waals surface area contributed by atoms with Gasteiger partial charge in [0.2, 0.25) is 0 Å². The second-order valence-corrected chi connectivity index (χ2v) is 3.67. The van der Waals surface area contributed by atoms with E-state index in [0.29, 0.717) is 12.0 Å². The minimum Gasteiger partial charge on any atom is -0.483 e. The second-order valence-electron chi connectivity index (χ2n) is 3.67. The van der Waals surface area contributed by atoms with E-state index in [-0.39, 0.29) is 18.4 Å². The smallest absolute Gasteiger partial charge is 0.191 e. The van der Waals surface area contributed by atoms with Gasteiger partial charge >= 0.3 is 0 Å². The molecule has 0 spiro atoms. The third kappa shape index (κ3) is 3.31. The maximum atomic E-state index is 13.4. The van der Waals surface area contributed by atoms with Crippen molar-refractivity contribution in [2.45, 2.75) is 19.4 Å². The van der Waals surface area contributed by atoms with Gasteiger partial charge < -0.3 is 10.5 Å². The van der Waals surface area contributed by atoms with Crippen molar-refractivity contribution in [2.24, 2.45) is 5.73 Å². The molecule has 0 aliphatic heterocycles. The van der Waals surface area contributed by atoms with Gasteiger partial charge in [-0.2, -0.15) is 0 Å². The average molecular weight is 227 g/mol. The summed E-state index contributed by atoms with van der Waals surface area (Å²) in [7, 11) is 0.